The smallest absolute Gasteiger partial charge is 0.0949 e. The molecule has 0 aliphatic carbocycles. The second kappa shape index (κ2) is 6.32. The molecule has 0 saturated heterocycles. The predicted octanol–water partition coefficient (Wildman–Crippen LogP) is 0.885. The first kappa shape index (κ1) is 12.8. The van der Waals surface area contributed by atoms with Gasteiger partial charge in [0.15, 0.2) is 0 Å². The molecule has 0 spiro atoms. The minimum absolute atomic E-state index is 0.702. The van der Waals surface area contributed by atoms with Gasteiger partial charge in [-0.3, -0.25) is 10.00 Å². The largest absolute Gasteiger partial charge is 0.383 e. The first-order valence-corrected chi connectivity index (χ1v) is 5.94. The molecule has 0 radical (unpaired) electrons. The monoisotopic (exact) mass is 249 g/mol. The highest BCUT2D eigenvalue weighted by Crippen LogP contribution is 2.06. The van der Waals surface area contributed by atoms with Crippen LogP contribution in [-0.2, 0) is 24.4 Å². The molecule has 2 aromatic heterocycles. The fourth-order valence-corrected chi connectivity index (χ4v) is 1.87. The zero-order valence-corrected chi connectivity index (χ0v) is 10.8. The van der Waals surface area contributed by atoms with E-state index in [1.165, 1.54) is 5.69 Å². The van der Waals surface area contributed by atoms with Crippen LogP contribution in [0.25, 0.3) is 0 Å². The maximum Gasteiger partial charge on any atom is 0.0949 e. The highest BCUT2D eigenvalue weighted by molar-refractivity contribution is 5.01. The van der Waals surface area contributed by atoms with Crippen LogP contribution in [0, 0.1) is 0 Å². The van der Waals surface area contributed by atoms with Crippen molar-refractivity contribution in [2.24, 2.45) is 0 Å². The Labute approximate surface area is 107 Å². The van der Waals surface area contributed by atoms with Gasteiger partial charge in [-0.05, 0) is 13.1 Å². The molecule has 6 nitrogen and oxygen atoms in total. The van der Waals surface area contributed by atoms with Crippen LogP contribution in [0.5, 0.6) is 0 Å². The molecule has 0 atom stereocenters. The fraction of sp³-hybridized carbons (Fsp3) is 0.500. The number of nitrogens with one attached hydrogen (secondary N) is 1. The van der Waals surface area contributed by atoms with Crippen molar-refractivity contribution < 1.29 is 4.74 Å². The molecule has 1 N–H and O–H groups in total. The zero-order chi connectivity index (χ0) is 12.8. The minimum atomic E-state index is 0.702. The van der Waals surface area contributed by atoms with Gasteiger partial charge in [-0.1, -0.05) is 0 Å². The Morgan fingerprint density at radius 2 is 2.33 bits per heavy atom. The van der Waals surface area contributed by atoms with Crippen LogP contribution < -0.4 is 0 Å². The first-order chi connectivity index (χ1) is 8.79. The van der Waals surface area contributed by atoms with Gasteiger partial charge in [0.1, 0.15) is 0 Å². The lowest BCUT2D eigenvalue weighted by atomic mass is 10.3. The van der Waals surface area contributed by atoms with Crippen LogP contribution in [0.1, 0.15) is 11.4 Å². The summed E-state index contributed by atoms with van der Waals surface area (Å²) in [6.07, 6.45) is 5.52. The van der Waals surface area contributed by atoms with E-state index >= 15 is 0 Å². The number of ether oxygens (including phenoxy) is 1. The lowest BCUT2D eigenvalue weighted by molar-refractivity contribution is 0.185. The zero-order valence-electron chi connectivity index (χ0n) is 10.8. The van der Waals surface area contributed by atoms with Crippen LogP contribution in [-0.4, -0.2) is 45.4 Å². The van der Waals surface area contributed by atoms with Crippen molar-refractivity contribution in [1.29, 1.82) is 0 Å². The van der Waals surface area contributed by atoms with Gasteiger partial charge in [-0.15, -0.1) is 0 Å². The van der Waals surface area contributed by atoms with Crippen molar-refractivity contribution >= 4 is 0 Å². The molecule has 0 aliphatic heterocycles. The van der Waals surface area contributed by atoms with Gasteiger partial charge < -0.3 is 9.30 Å². The number of aromatic amines is 1. The van der Waals surface area contributed by atoms with E-state index in [0.717, 1.165) is 25.3 Å². The lowest BCUT2D eigenvalue weighted by Gasteiger charge is -2.16. The van der Waals surface area contributed by atoms with Gasteiger partial charge in [-0.2, -0.15) is 5.10 Å². The van der Waals surface area contributed by atoms with E-state index in [1.54, 1.807) is 13.3 Å². The number of H-pyrrole nitrogens is 1. The predicted molar refractivity (Wildman–Crippen MR) is 67.9 cm³/mol. The van der Waals surface area contributed by atoms with E-state index in [1.807, 2.05) is 18.6 Å². The molecule has 2 aromatic rings. The second-order valence-electron chi connectivity index (χ2n) is 4.33. The van der Waals surface area contributed by atoms with Gasteiger partial charge >= 0.3 is 0 Å². The summed E-state index contributed by atoms with van der Waals surface area (Å²) >= 11 is 0. The van der Waals surface area contributed by atoms with E-state index in [0.29, 0.717) is 6.61 Å². The number of aromatic nitrogens is 4. The Balaban J connectivity index is 1.90. The Morgan fingerprint density at radius 1 is 1.44 bits per heavy atom. The maximum absolute atomic E-state index is 5.08. The number of imidazole rings is 1. The second-order valence-corrected chi connectivity index (χ2v) is 4.33. The summed E-state index contributed by atoms with van der Waals surface area (Å²) in [5.41, 5.74) is 2.30. The highest BCUT2D eigenvalue weighted by Gasteiger charge is 2.07. The quantitative estimate of drug-likeness (QED) is 0.791. The molecule has 0 saturated carbocycles. The molecule has 0 unspecified atom stereocenters. The molecule has 2 rings (SSSR count). The van der Waals surface area contributed by atoms with E-state index in [9.17, 15) is 0 Å². The van der Waals surface area contributed by atoms with Crippen molar-refractivity contribution in [3.63, 3.8) is 0 Å². The molecular formula is C12H19N5O. The van der Waals surface area contributed by atoms with Crippen LogP contribution >= 0.6 is 0 Å². The first-order valence-electron chi connectivity index (χ1n) is 5.94. The topological polar surface area (TPSA) is 59.0 Å². The van der Waals surface area contributed by atoms with Gasteiger partial charge in [0.25, 0.3) is 0 Å². The average Bonchev–Trinajstić information content (AvgIpc) is 2.98. The number of rotatable bonds is 7. The van der Waals surface area contributed by atoms with Gasteiger partial charge in [0, 0.05) is 44.8 Å². The summed E-state index contributed by atoms with van der Waals surface area (Å²) in [6, 6.07) is 1.98. The minimum Gasteiger partial charge on any atom is -0.383 e. The van der Waals surface area contributed by atoms with Gasteiger partial charge in [-0.25, -0.2) is 4.98 Å². The normalized spacial score (nSPS) is 11.3. The van der Waals surface area contributed by atoms with Crippen LogP contribution in [0.4, 0.5) is 0 Å². The highest BCUT2D eigenvalue weighted by atomic mass is 16.5. The number of methoxy groups -OCH3 is 1. The fourth-order valence-electron chi connectivity index (χ4n) is 1.87. The summed E-state index contributed by atoms with van der Waals surface area (Å²) in [5.74, 6) is 0. The summed E-state index contributed by atoms with van der Waals surface area (Å²) in [6.45, 7) is 3.23. The van der Waals surface area contributed by atoms with Crippen molar-refractivity contribution in [2.45, 2.75) is 19.6 Å². The van der Waals surface area contributed by atoms with Crippen LogP contribution in [0.2, 0.25) is 0 Å². The Bertz CT molecular complexity index is 451. The molecule has 0 aliphatic rings. The van der Waals surface area contributed by atoms with E-state index in [4.69, 9.17) is 4.74 Å². The molecule has 0 bridgehead atoms. The Hall–Kier alpha value is -1.66. The van der Waals surface area contributed by atoms with Crippen LogP contribution in [0.15, 0.2) is 24.8 Å². The van der Waals surface area contributed by atoms with E-state index in [-0.39, 0.29) is 0 Å². The molecule has 98 valence electrons. The molecule has 0 fully saturated rings. The number of hydrogen-bond acceptors (Lipinski definition) is 4. The van der Waals surface area contributed by atoms with Crippen molar-refractivity contribution in [2.75, 3.05) is 20.8 Å². The van der Waals surface area contributed by atoms with Crippen molar-refractivity contribution in [3.8, 4) is 0 Å². The molecule has 0 amide bonds. The molecule has 2 heterocycles. The molecular weight excluding hydrogens is 230 g/mol. The summed E-state index contributed by atoms with van der Waals surface area (Å²) in [4.78, 5) is 6.40. The van der Waals surface area contributed by atoms with Crippen LogP contribution in [0.3, 0.4) is 0 Å². The standard InChI is InChI=1S/C12H19N5O/c1-16(8-11-3-4-14-15-11)9-12-7-13-10-17(12)5-6-18-2/h3-4,7,10H,5-6,8-9H2,1-2H3,(H,14,15). The summed E-state index contributed by atoms with van der Waals surface area (Å²) in [7, 11) is 3.79. The maximum atomic E-state index is 5.08. The van der Waals surface area contributed by atoms with E-state index < -0.39 is 0 Å². The summed E-state index contributed by atoms with van der Waals surface area (Å²) < 4.78 is 7.20. The Morgan fingerprint density at radius 3 is 3.06 bits per heavy atom. The summed E-state index contributed by atoms with van der Waals surface area (Å²) in [5, 5.41) is 6.91. The number of nitrogens with zero attached hydrogens (tertiary/aromatic N) is 4. The molecule has 6 heteroatoms. The van der Waals surface area contributed by atoms with Gasteiger partial charge in [0.05, 0.1) is 18.6 Å². The SMILES string of the molecule is COCCn1cncc1CN(C)Cc1ccn[nH]1. The third-order valence-electron chi connectivity index (χ3n) is 2.77. The number of hydrogen-bond donors (Lipinski definition) is 1. The van der Waals surface area contributed by atoms with Crippen molar-refractivity contribution in [3.05, 3.63) is 36.2 Å². The van der Waals surface area contributed by atoms with Crippen molar-refractivity contribution in [1.82, 2.24) is 24.6 Å². The molecule has 0 aromatic carbocycles. The molecule has 18 heavy (non-hydrogen) atoms. The lowest BCUT2D eigenvalue weighted by Crippen LogP contribution is -2.20. The van der Waals surface area contributed by atoms with Gasteiger partial charge in [0.2, 0.25) is 0 Å². The third-order valence-corrected chi connectivity index (χ3v) is 2.77. The Kier molecular flexibility index (Phi) is 4.49. The average molecular weight is 249 g/mol. The third kappa shape index (κ3) is 3.41. The van der Waals surface area contributed by atoms with E-state index in [2.05, 4.69) is 31.7 Å².